The molecule has 0 bridgehead atoms. The minimum absolute atomic E-state index is 0.0660. The second-order valence-corrected chi connectivity index (χ2v) is 8.89. The number of alkyl halides is 3. The largest absolute Gasteiger partial charge is 0.507 e. The molecule has 2 aromatic rings. The lowest BCUT2D eigenvalue weighted by Gasteiger charge is -2.49. The third-order valence-corrected chi connectivity index (χ3v) is 6.10. The second kappa shape index (κ2) is 7.90. The van der Waals surface area contributed by atoms with Crippen LogP contribution in [0.1, 0.15) is 43.7 Å². The number of likely N-dealkylation sites (tertiary alicyclic amines) is 1. The van der Waals surface area contributed by atoms with E-state index in [0.29, 0.717) is 17.9 Å². The lowest BCUT2D eigenvalue weighted by atomic mass is 9.76. The lowest BCUT2D eigenvalue weighted by Crippen LogP contribution is -2.57. The van der Waals surface area contributed by atoms with E-state index in [1.807, 2.05) is 6.92 Å². The molecule has 0 radical (unpaired) electrons. The Kier molecular flexibility index (Phi) is 5.55. The van der Waals surface area contributed by atoms with Crippen molar-refractivity contribution >= 4 is 5.82 Å². The molecule has 2 fully saturated rings. The highest BCUT2D eigenvalue weighted by atomic mass is 19.4. The average Bonchev–Trinajstić information content (AvgIpc) is 2.66. The van der Waals surface area contributed by atoms with Crippen molar-refractivity contribution in [2.45, 2.75) is 63.4 Å². The first-order valence-corrected chi connectivity index (χ1v) is 10.4. The average molecular weight is 437 g/mol. The number of benzene rings is 1. The standard InChI is InChI=1S/C21H26F3N5O2/c1-12-6-13(21(22,23)24)7-16(30)18(12)19-25-10-17(27-28-19)26-14-4-3-5-29(11-14)15-8-20(2,31)9-15/h6-7,10,14-15,30-31H,3-5,8-9,11H2,1-2H3,(H,26,27). The van der Waals surface area contributed by atoms with Crippen LogP contribution in [-0.2, 0) is 6.18 Å². The van der Waals surface area contributed by atoms with Crippen molar-refractivity contribution in [1.29, 1.82) is 0 Å². The molecular weight excluding hydrogens is 411 g/mol. The molecule has 31 heavy (non-hydrogen) atoms. The number of aromatic hydroxyl groups is 1. The lowest BCUT2D eigenvalue weighted by molar-refractivity contribution is -0.137. The molecule has 2 aliphatic rings. The number of anilines is 1. The molecule has 1 saturated carbocycles. The van der Waals surface area contributed by atoms with Crippen LogP contribution in [-0.4, -0.2) is 61.1 Å². The maximum Gasteiger partial charge on any atom is 0.416 e. The van der Waals surface area contributed by atoms with Gasteiger partial charge in [0.25, 0.3) is 0 Å². The second-order valence-electron chi connectivity index (χ2n) is 8.89. The van der Waals surface area contributed by atoms with Gasteiger partial charge in [-0.2, -0.15) is 13.2 Å². The van der Waals surface area contributed by atoms with Crippen LogP contribution in [0, 0.1) is 6.92 Å². The fraction of sp³-hybridized carbons (Fsp3) is 0.571. The number of nitrogens with zero attached hydrogens (tertiary/aromatic N) is 4. The quantitative estimate of drug-likeness (QED) is 0.675. The molecule has 1 aliphatic carbocycles. The molecular formula is C21H26F3N5O2. The van der Waals surface area contributed by atoms with Gasteiger partial charge in [0.05, 0.1) is 22.9 Å². The number of piperidine rings is 1. The number of aromatic nitrogens is 3. The Labute approximate surface area is 178 Å². The zero-order valence-electron chi connectivity index (χ0n) is 17.4. The molecule has 1 aliphatic heterocycles. The van der Waals surface area contributed by atoms with E-state index in [-0.39, 0.29) is 23.0 Å². The molecule has 1 unspecified atom stereocenters. The third-order valence-electron chi connectivity index (χ3n) is 6.10. The normalized spacial score (nSPS) is 27.0. The topological polar surface area (TPSA) is 94.4 Å². The highest BCUT2D eigenvalue weighted by Gasteiger charge is 2.42. The van der Waals surface area contributed by atoms with Crippen LogP contribution in [0.5, 0.6) is 5.75 Å². The van der Waals surface area contributed by atoms with Gasteiger partial charge in [0.15, 0.2) is 11.6 Å². The molecule has 10 heteroatoms. The number of phenols is 1. The molecule has 1 atom stereocenters. The Hall–Kier alpha value is -2.46. The van der Waals surface area contributed by atoms with Crippen LogP contribution in [0.15, 0.2) is 18.3 Å². The van der Waals surface area contributed by atoms with E-state index < -0.39 is 23.1 Å². The number of hydrogen-bond acceptors (Lipinski definition) is 7. The summed E-state index contributed by atoms with van der Waals surface area (Å²) in [6, 6.07) is 2.20. The first-order valence-electron chi connectivity index (χ1n) is 10.4. The summed E-state index contributed by atoms with van der Waals surface area (Å²) in [7, 11) is 0. The molecule has 1 aromatic heterocycles. The summed E-state index contributed by atoms with van der Waals surface area (Å²) in [5.74, 6) is 0.00523. The maximum absolute atomic E-state index is 12.9. The van der Waals surface area contributed by atoms with Gasteiger partial charge in [-0.05, 0) is 63.8 Å². The Balaban J connectivity index is 1.43. The molecule has 1 saturated heterocycles. The van der Waals surface area contributed by atoms with E-state index >= 15 is 0 Å². The minimum Gasteiger partial charge on any atom is -0.507 e. The van der Waals surface area contributed by atoms with E-state index in [9.17, 15) is 23.4 Å². The van der Waals surface area contributed by atoms with Gasteiger partial charge in [0.1, 0.15) is 5.75 Å². The number of phenolic OH excluding ortho intramolecular Hbond substituents is 1. The smallest absolute Gasteiger partial charge is 0.416 e. The Bertz CT molecular complexity index is 918. The number of aliphatic hydroxyl groups is 1. The monoisotopic (exact) mass is 437 g/mol. The molecule has 2 heterocycles. The Morgan fingerprint density at radius 1 is 1.23 bits per heavy atom. The van der Waals surface area contributed by atoms with Crippen molar-refractivity contribution in [2.24, 2.45) is 0 Å². The van der Waals surface area contributed by atoms with E-state index in [4.69, 9.17) is 0 Å². The number of hydrogen-bond donors (Lipinski definition) is 3. The van der Waals surface area contributed by atoms with Crippen molar-refractivity contribution in [3.8, 4) is 17.1 Å². The number of rotatable bonds is 4. The van der Waals surface area contributed by atoms with Crippen molar-refractivity contribution in [3.05, 3.63) is 29.5 Å². The van der Waals surface area contributed by atoms with Crippen LogP contribution in [0.4, 0.5) is 19.0 Å². The first-order chi connectivity index (χ1) is 14.5. The van der Waals surface area contributed by atoms with Gasteiger partial charge in [-0.15, -0.1) is 10.2 Å². The Morgan fingerprint density at radius 2 is 1.97 bits per heavy atom. The van der Waals surface area contributed by atoms with Crippen LogP contribution in [0.25, 0.3) is 11.4 Å². The highest BCUT2D eigenvalue weighted by molar-refractivity contribution is 5.68. The summed E-state index contributed by atoms with van der Waals surface area (Å²) in [4.78, 5) is 6.59. The molecule has 1 aromatic carbocycles. The van der Waals surface area contributed by atoms with E-state index in [0.717, 1.165) is 44.8 Å². The predicted octanol–water partition coefficient (Wildman–Crippen LogP) is 3.36. The molecule has 0 amide bonds. The third kappa shape index (κ3) is 4.74. The summed E-state index contributed by atoms with van der Waals surface area (Å²) in [5.41, 5.74) is -1.13. The van der Waals surface area contributed by atoms with Gasteiger partial charge in [0.2, 0.25) is 0 Å². The van der Waals surface area contributed by atoms with Gasteiger partial charge < -0.3 is 15.5 Å². The molecule has 4 rings (SSSR count). The van der Waals surface area contributed by atoms with E-state index in [1.54, 1.807) is 0 Å². The zero-order valence-corrected chi connectivity index (χ0v) is 17.4. The van der Waals surface area contributed by atoms with Crippen molar-refractivity contribution in [1.82, 2.24) is 20.1 Å². The van der Waals surface area contributed by atoms with E-state index in [2.05, 4.69) is 25.4 Å². The van der Waals surface area contributed by atoms with Crippen LogP contribution >= 0.6 is 0 Å². The number of aryl methyl sites for hydroxylation is 1. The minimum atomic E-state index is -4.54. The first kappa shape index (κ1) is 21.8. The fourth-order valence-corrected chi connectivity index (χ4v) is 4.56. The zero-order chi connectivity index (χ0) is 22.4. The summed E-state index contributed by atoms with van der Waals surface area (Å²) in [6.45, 7) is 5.17. The van der Waals surface area contributed by atoms with Gasteiger partial charge in [-0.25, -0.2) is 4.98 Å². The molecule has 168 valence electrons. The van der Waals surface area contributed by atoms with Crippen LogP contribution in [0.3, 0.4) is 0 Å². The Morgan fingerprint density at radius 3 is 2.55 bits per heavy atom. The van der Waals surface area contributed by atoms with Gasteiger partial charge in [0, 0.05) is 18.6 Å². The molecule has 0 spiro atoms. The van der Waals surface area contributed by atoms with Gasteiger partial charge in [-0.3, -0.25) is 4.90 Å². The van der Waals surface area contributed by atoms with Gasteiger partial charge in [-0.1, -0.05) is 0 Å². The van der Waals surface area contributed by atoms with E-state index in [1.165, 1.54) is 13.1 Å². The summed E-state index contributed by atoms with van der Waals surface area (Å²) >= 11 is 0. The summed E-state index contributed by atoms with van der Waals surface area (Å²) in [6.07, 6.45) is 0.510. The van der Waals surface area contributed by atoms with Crippen LogP contribution < -0.4 is 5.32 Å². The molecule has 7 nitrogen and oxygen atoms in total. The number of nitrogens with one attached hydrogen (secondary N) is 1. The van der Waals surface area contributed by atoms with Crippen molar-refractivity contribution in [2.75, 3.05) is 18.4 Å². The molecule has 3 N–H and O–H groups in total. The van der Waals surface area contributed by atoms with Crippen molar-refractivity contribution < 1.29 is 23.4 Å². The predicted molar refractivity (Wildman–Crippen MR) is 109 cm³/mol. The van der Waals surface area contributed by atoms with Gasteiger partial charge >= 0.3 is 6.18 Å². The SMILES string of the molecule is Cc1cc(C(F)(F)F)cc(O)c1-c1ncc(NC2CCCN(C3CC(C)(O)C3)C2)nn1. The maximum atomic E-state index is 12.9. The highest BCUT2D eigenvalue weighted by Crippen LogP contribution is 2.38. The van der Waals surface area contributed by atoms with Crippen LogP contribution in [0.2, 0.25) is 0 Å². The van der Waals surface area contributed by atoms with Crippen molar-refractivity contribution in [3.63, 3.8) is 0 Å². The fourth-order valence-electron chi connectivity index (χ4n) is 4.56. The number of halogens is 3. The summed E-state index contributed by atoms with van der Waals surface area (Å²) in [5, 5.41) is 31.6. The summed E-state index contributed by atoms with van der Waals surface area (Å²) < 4.78 is 38.8.